The number of pyridine rings is 2. The summed E-state index contributed by atoms with van der Waals surface area (Å²) in [7, 11) is 0. The molecule has 94 valence electrons. The fraction of sp³-hybridized carbons (Fsp3) is 0.308. The molecule has 0 aliphatic heterocycles. The summed E-state index contributed by atoms with van der Waals surface area (Å²) in [6.07, 6.45) is 3.13. The van der Waals surface area contributed by atoms with Crippen LogP contribution in [0.5, 0.6) is 0 Å². The summed E-state index contributed by atoms with van der Waals surface area (Å²) in [6, 6.07) is 3.35. The first-order valence-electron chi connectivity index (χ1n) is 5.84. The van der Waals surface area contributed by atoms with Crippen LogP contribution in [0.3, 0.4) is 0 Å². The van der Waals surface area contributed by atoms with Crippen molar-refractivity contribution in [3.05, 3.63) is 40.3 Å². The first kappa shape index (κ1) is 12.3. The van der Waals surface area contributed by atoms with Crippen LogP contribution in [0.4, 0.5) is 0 Å². The smallest absolute Gasteiger partial charge is 0.343 e. The van der Waals surface area contributed by atoms with Gasteiger partial charge in [0, 0.05) is 18.9 Å². The Balaban J connectivity index is 2.73. The number of fused-ring (bicyclic) bond motifs is 1. The van der Waals surface area contributed by atoms with Gasteiger partial charge >= 0.3 is 5.97 Å². The second-order valence-electron chi connectivity index (χ2n) is 3.75. The van der Waals surface area contributed by atoms with Crippen molar-refractivity contribution in [2.75, 3.05) is 6.61 Å². The van der Waals surface area contributed by atoms with Crippen molar-refractivity contribution in [1.29, 1.82) is 0 Å². The molecule has 0 aliphatic carbocycles. The van der Waals surface area contributed by atoms with E-state index in [1.165, 1.54) is 6.20 Å². The molecule has 0 atom stereocenters. The van der Waals surface area contributed by atoms with Crippen molar-refractivity contribution in [2.45, 2.75) is 20.4 Å². The Morgan fingerprint density at radius 1 is 1.44 bits per heavy atom. The first-order chi connectivity index (χ1) is 8.69. The highest BCUT2D eigenvalue weighted by Crippen LogP contribution is 2.09. The fourth-order valence-corrected chi connectivity index (χ4v) is 1.82. The predicted molar refractivity (Wildman–Crippen MR) is 67.6 cm³/mol. The van der Waals surface area contributed by atoms with E-state index in [2.05, 4.69) is 4.98 Å². The molecule has 5 nitrogen and oxygen atoms in total. The molecule has 0 unspecified atom stereocenters. The minimum Gasteiger partial charge on any atom is -0.462 e. The van der Waals surface area contributed by atoms with Gasteiger partial charge in [-0.15, -0.1) is 0 Å². The topological polar surface area (TPSA) is 61.2 Å². The van der Waals surface area contributed by atoms with Gasteiger partial charge in [0.25, 0.3) is 0 Å². The summed E-state index contributed by atoms with van der Waals surface area (Å²) >= 11 is 0. The highest BCUT2D eigenvalue weighted by atomic mass is 16.5. The number of esters is 1. The van der Waals surface area contributed by atoms with Crippen LogP contribution >= 0.6 is 0 Å². The van der Waals surface area contributed by atoms with Gasteiger partial charge in [0.1, 0.15) is 11.2 Å². The zero-order valence-corrected chi connectivity index (χ0v) is 10.3. The molecular weight excluding hydrogens is 232 g/mol. The van der Waals surface area contributed by atoms with E-state index >= 15 is 0 Å². The van der Waals surface area contributed by atoms with Gasteiger partial charge in [-0.25, -0.2) is 9.78 Å². The second kappa shape index (κ2) is 5.00. The van der Waals surface area contributed by atoms with E-state index in [4.69, 9.17) is 4.74 Å². The van der Waals surface area contributed by atoms with Crippen molar-refractivity contribution in [3.8, 4) is 0 Å². The Labute approximate surface area is 104 Å². The molecule has 5 heteroatoms. The second-order valence-corrected chi connectivity index (χ2v) is 3.75. The predicted octanol–water partition coefficient (Wildman–Crippen LogP) is 1.59. The van der Waals surface area contributed by atoms with E-state index in [0.717, 1.165) is 0 Å². The van der Waals surface area contributed by atoms with Crippen LogP contribution in [0.2, 0.25) is 0 Å². The summed E-state index contributed by atoms with van der Waals surface area (Å²) in [4.78, 5) is 28.1. The van der Waals surface area contributed by atoms with Gasteiger partial charge in [0.05, 0.1) is 12.0 Å². The van der Waals surface area contributed by atoms with Crippen LogP contribution in [0, 0.1) is 0 Å². The molecule has 2 rings (SSSR count). The number of nitrogens with zero attached hydrogens (tertiary/aromatic N) is 2. The first-order valence-corrected chi connectivity index (χ1v) is 5.84. The molecule has 0 saturated carbocycles. The average Bonchev–Trinajstić information content (AvgIpc) is 2.40. The van der Waals surface area contributed by atoms with Gasteiger partial charge < -0.3 is 9.30 Å². The van der Waals surface area contributed by atoms with Crippen LogP contribution in [-0.2, 0) is 11.3 Å². The molecule has 0 bridgehead atoms. The Kier molecular flexibility index (Phi) is 3.41. The van der Waals surface area contributed by atoms with Gasteiger partial charge in [0.2, 0.25) is 5.43 Å². The number of hydrogen-bond acceptors (Lipinski definition) is 4. The van der Waals surface area contributed by atoms with Crippen LogP contribution in [0.15, 0.2) is 29.3 Å². The third-order valence-corrected chi connectivity index (χ3v) is 2.67. The number of carbonyl (C=O) groups is 1. The molecule has 0 aliphatic rings. The molecular formula is C13H14N2O3. The number of ether oxygens (including phenoxy) is 1. The molecule has 2 aromatic heterocycles. The molecule has 0 fully saturated rings. The normalized spacial score (nSPS) is 10.6. The summed E-state index contributed by atoms with van der Waals surface area (Å²) in [6.45, 7) is 4.50. The van der Waals surface area contributed by atoms with E-state index in [0.29, 0.717) is 17.6 Å². The minimum atomic E-state index is -0.588. The van der Waals surface area contributed by atoms with Crippen molar-refractivity contribution >= 4 is 17.0 Å². The Bertz CT molecular complexity index is 646. The van der Waals surface area contributed by atoms with Crippen LogP contribution < -0.4 is 5.43 Å². The molecule has 0 aromatic carbocycles. The maximum Gasteiger partial charge on any atom is 0.343 e. The number of carbonyl (C=O) groups excluding carboxylic acids is 1. The third-order valence-electron chi connectivity index (χ3n) is 2.67. The Morgan fingerprint density at radius 3 is 2.89 bits per heavy atom. The van der Waals surface area contributed by atoms with Crippen LogP contribution in [-0.4, -0.2) is 22.1 Å². The molecule has 0 amide bonds. The maximum atomic E-state index is 12.2. The van der Waals surface area contributed by atoms with E-state index < -0.39 is 5.97 Å². The summed E-state index contributed by atoms with van der Waals surface area (Å²) < 4.78 is 6.65. The Morgan fingerprint density at radius 2 is 2.22 bits per heavy atom. The summed E-state index contributed by atoms with van der Waals surface area (Å²) in [5, 5.41) is 0.435. The lowest BCUT2D eigenvalue weighted by atomic mass is 10.2. The van der Waals surface area contributed by atoms with E-state index in [9.17, 15) is 9.59 Å². The van der Waals surface area contributed by atoms with Gasteiger partial charge in [-0.05, 0) is 26.0 Å². The monoisotopic (exact) mass is 246 g/mol. The lowest BCUT2D eigenvalue weighted by Gasteiger charge is -2.09. The molecule has 0 saturated heterocycles. The summed E-state index contributed by atoms with van der Waals surface area (Å²) in [5.41, 5.74) is 0.304. The Hall–Kier alpha value is -2.17. The number of hydrogen-bond donors (Lipinski definition) is 0. The molecule has 2 aromatic rings. The zero-order chi connectivity index (χ0) is 13.1. The molecule has 0 spiro atoms. The SMILES string of the molecule is CCOC(=O)c1cn(CC)c2ncccc2c1=O. The average molecular weight is 246 g/mol. The van der Waals surface area contributed by atoms with E-state index in [1.54, 1.807) is 29.8 Å². The number of aromatic nitrogens is 2. The van der Waals surface area contributed by atoms with E-state index in [1.807, 2.05) is 6.92 Å². The molecule has 18 heavy (non-hydrogen) atoms. The quantitative estimate of drug-likeness (QED) is 0.772. The van der Waals surface area contributed by atoms with Crippen molar-refractivity contribution < 1.29 is 9.53 Å². The number of aryl methyl sites for hydroxylation is 1. The van der Waals surface area contributed by atoms with Gasteiger partial charge in [0.15, 0.2) is 0 Å². The van der Waals surface area contributed by atoms with Crippen LogP contribution in [0.1, 0.15) is 24.2 Å². The van der Waals surface area contributed by atoms with Crippen LogP contribution in [0.25, 0.3) is 11.0 Å². The third kappa shape index (κ3) is 1.99. The fourth-order valence-electron chi connectivity index (χ4n) is 1.82. The molecule has 0 radical (unpaired) electrons. The van der Waals surface area contributed by atoms with Crippen molar-refractivity contribution in [3.63, 3.8) is 0 Å². The molecule has 0 N–H and O–H groups in total. The van der Waals surface area contributed by atoms with Gasteiger partial charge in [-0.3, -0.25) is 4.79 Å². The largest absolute Gasteiger partial charge is 0.462 e. The zero-order valence-electron chi connectivity index (χ0n) is 10.3. The highest BCUT2D eigenvalue weighted by Gasteiger charge is 2.16. The highest BCUT2D eigenvalue weighted by molar-refractivity contribution is 5.92. The number of rotatable bonds is 3. The lowest BCUT2D eigenvalue weighted by Crippen LogP contribution is -2.21. The minimum absolute atomic E-state index is 0.0548. The maximum absolute atomic E-state index is 12.2. The molecule has 2 heterocycles. The lowest BCUT2D eigenvalue weighted by molar-refractivity contribution is 0.0524. The van der Waals surface area contributed by atoms with Crippen molar-refractivity contribution in [1.82, 2.24) is 9.55 Å². The van der Waals surface area contributed by atoms with Gasteiger partial charge in [-0.2, -0.15) is 0 Å². The standard InChI is InChI=1S/C13H14N2O3/c1-3-15-8-10(13(17)18-4-2)11(16)9-6-5-7-14-12(9)15/h5-8H,3-4H2,1-2H3. The van der Waals surface area contributed by atoms with Crippen molar-refractivity contribution in [2.24, 2.45) is 0 Å². The summed E-state index contributed by atoms with van der Waals surface area (Å²) in [5.74, 6) is -0.588. The van der Waals surface area contributed by atoms with Gasteiger partial charge in [-0.1, -0.05) is 0 Å². The van der Waals surface area contributed by atoms with E-state index in [-0.39, 0.29) is 17.6 Å².